The molecule has 0 atom stereocenters. The molecule has 1 N–H and O–H groups in total. The molecule has 1 saturated heterocycles. The van der Waals surface area contributed by atoms with Gasteiger partial charge in [0.25, 0.3) is 5.91 Å². The maximum absolute atomic E-state index is 14.7. The van der Waals surface area contributed by atoms with Gasteiger partial charge in [-0.25, -0.2) is 13.4 Å². The SMILES string of the molecule is COc1ccc(Cn2cc3c(Br)cc(F)c(N4CC(=O)NS4(=O)=O)c3n2)cc1. The normalized spacial score (nSPS) is 15.8. The molecule has 1 aliphatic heterocycles. The van der Waals surface area contributed by atoms with E-state index in [-0.39, 0.29) is 11.2 Å². The maximum atomic E-state index is 14.7. The number of anilines is 1. The van der Waals surface area contributed by atoms with E-state index in [2.05, 4.69) is 21.0 Å². The molecule has 11 heteroatoms. The van der Waals surface area contributed by atoms with E-state index in [9.17, 15) is 17.6 Å². The van der Waals surface area contributed by atoms with Crippen molar-refractivity contribution in [1.82, 2.24) is 14.5 Å². The largest absolute Gasteiger partial charge is 0.497 e. The van der Waals surface area contributed by atoms with Crippen LogP contribution in [0.15, 0.2) is 41.0 Å². The van der Waals surface area contributed by atoms with Crippen LogP contribution in [0.5, 0.6) is 5.75 Å². The Morgan fingerprint density at radius 1 is 1.32 bits per heavy atom. The summed E-state index contributed by atoms with van der Waals surface area (Å²) in [5, 5.41) is 4.90. The van der Waals surface area contributed by atoms with Gasteiger partial charge in [-0.2, -0.15) is 13.5 Å². The van der Waals surface area contributed by atoms with Crippen molar-refractivity contribution in [2.75, 3.05) is 18.0 Å². The average Bonchev–Trinajstić information content (AvgIpc) is 3.16. The summed E-state index contributed by atoms with van der Waals surface area (Å²) in [7, 11) is -2.58. The van der Waals surface area contributed by atoms with E-state index < -0.39 is 28.5 Å². The van der Waals surface area contributed by atoms with Crippen molar-refractivity contribution in [3.05, 3.63) is 52.4 Å². The number of ether oxygens (including phenoxy) is 1. The minimum absolute atomic E-state index is 0.139. The van der Waals surface area contributed by atoms with Crippen LogP contribution in [0.1, 0.15) is 5.56 Å². The molecule has 0 saturated carbocycles. The molecule has 4 rings (SSSR count). The van der Waals surface area contributed by atoms with Crippen molar-refractivity contribution in [2.45, 2.75) is 6.54 Å². The van der Waals surface area contributed by atoms with Gasteiger partial charge in [-0.1, -0.05) is 12.1 Å². The number of hydrogen-bond acceptors (Lipinski definition) is 5. The van der Waals surface area contributed by atoms with Crippen LogP contribution in [0.25, 0.3) is 10.9 Å². The summed E-state index contributed by atoms with van der Waals surface area (Å²) in [4.78, 5) is 11.6. The van der Waals surface area contributed by atoms with Crippen LogP contribution in [0.3, 0.4) is 0 Å². The summed E-state index contributed by atoms with van der Waals surface area (Å²) in [6.45, 7) is -0.114. The molecule has 0 bridgehead atoms. The quantitative estimate of drug-likeness (QED) is 0.633. The van der Waals surface area contributed by atoms with Crippen LogP contribution in [-0.2, 0) is 21.5 Å². The Bertz CT molecular complexity index is 1190. The van der Waals surface area contributed by atoms with Crippen LogP contribution >= 0.6 is 15.9 Å². The first kappa shape index (κ1) is 18.7. The number of methoxy groups -OCH3 is 1. The third-order valence-corrected chi connectivity index (χ3v) is 6.33. The summed E-state index contributed by atoms with van der Waals surface area (Å²) in [6, 6.07) is 8.53. The molecule has 2 aromatic carbocycles. The van der Waals surface area contributed by atoms with Gasteiger partial charge < -0.3 is 4.74 Å². The fraction of sp³-hybridized carbons (Fsp3) is 0.176. The Morgan fingerprint density at radius 2 is 2.04 bits per heavy atom. The number of aromatic nitrogens is 2. The summed E-state index contributed by atoms with van der Waals surface area (Å²) in [6.07, 6.45) is 1.69. The minimum Gasteiger partial charge on any atom is -0.497 e. The standard InChI is InChI=1S/C17H14BrFN4O4S/c1-27-11-4-2-10(3-5-11)7-22-8-12-13(18)6-14(19)17(16(12)20-22)23-9-15(24)21-28(23,25)26/h2-6,8H,7,9H2,1H3,(H,21,24). The fourth-order valence-electron chi connectivity index (χ4n) is 3.02. The van der Waals surface area contributed by atoms with Crippen LogP contribution in [0.4, 0.5) is 10.1 Å². The zero-order valence-electron chi connectivity index (χ0n) is 14.5. The van der Waals surface area contributed by atoms with E-state index in [4.69, 9.17) is 4.74 Å². The number of rotatable bonds is 4. The Morgan fingerprint density at radius 3 is 2.64 bits per heavy atom. The van der Waals surface area contributed by atoms with Gasteiger partial charge in [-0.15, -0.1) is 0 Å². The van der Waals surface area contributed by atoms with Gasteiger partial charge in [0.15, 0.2) is 5.82 Å². The molecule has 0 spiro atoms. The number of carbonyl (C=O) groups is 1. The molecular formula is C17H14BrFN4O4S. The van der Waals surface area contributed by atoms with Gasteiger partial charge in [0.2, 0.25) is 0 Å². The van der Waals surface area contributed by atoms with Gasteiger partial charge in [0.1, 0.15) is 23.5 Å². The number of carbonyl (C=O) groups excluding carboxylic acids is 1. The van der Waals surface area contributed by atoms with Crippen molar-refractivity contribution < 1.29 is 22.3 Å². The second-order valence-corrected chi connectivity index (χ2v) is 8.61. The second-order valence-electron chi connectivity index (χ2n) is 6.16. The van der Waals surface area contributed by atoms with Gasteiger partial charge in [0.05, 0.1) is 13.7 Å². The number of fused-ring (bicyclic) bond motifs is 1. The first-order valence-electron chi connectivity index (χ1n) is 8.10. The topological polar surface area (TPSA) is 93.5 Å². The molecular weight excluding hydrogens is 455 g/mol. The maximum Gasteiger partial charge on any atom is 0.326 e. The number of nitrogens with zero attached hydrogens (tertiary/aromatic N) is 3. The van der Waals surface area contributed by atoms with E-state index >= 15 is 0 Å². The Kier molecular flexibility index (Phi) is 4.50. The Balaban J connectivity index is 1.80. The number of amides is 1. The number of hydrogen-bond donors (Lipinski definition) is 1. The molecule has 146 valence electrons. The highest BCUT2D eigenvalue weighted by Crippen LogP contribution is 2.36. The van der Waals surface area contributed by atoms with E-state index in [0.717, 1.165) is 17.4 Å². The first-order chi connectivity index (χ1) is 13.3. The van der Waals surface area contributed by atoms with Crippen LogP contribution in [0, 0.1) is 5.82 Å². The average molecular weight is 469 g/mol. The summed E-state index contributed by atoms with van der Waals surface area (Å²) in [5.41, 5.74) is 0.808. The Hall–Kier alpha value is -2.66. The molecule has 0 radical (unpaired) electrons. The van der Waals surface area contributed by atoms with E-state index in [1.165, 1.54) is 0 Å². The molecule has 1 amide bonds. The van der Waals surface area contributed by atoms with Gasteiger partial charge >= 0.3 is 10.2 Å². The lowest BCUT2D eigenvalue weighted by molar-refractivity contribution is -0.117. The summed E-state index contributed by atoms with van der Waals surface area (Å²) in [5.74, 6) is -0.805. The van der Waals surface area contributed by atoms with Gasteiger partial charge in [0, 0.05) is 16.1 Å². The van der Waals surface area contributed by atoms with Gasteiger partial charge in [-0.05, 0) is 39.7 Å². The highest BCUT2D eigenvalue weighted by Gasteiger charge is 2.37. The van der Waals surface area contributed by atoms with E-state index in [0.29, 0.717) is 20.7 Å². The lowest BCUT2D eigenvalue weighted by Crippen LogP contribution is -2.30. The zero-order valence-corrected chi connectivity index (χ0v) is 16.9. The molecule has 8 nitrogen and oxygen atoms in total. The first-order valence-corrected chi connectivity index (χ1v) is 10.3. The predicted molar refractivity (Wildman–Crippen MR) is 104 cm³/mol. The van der Waals surface area contributed by atoms with Crippen LogP contribution < -0.4 is 13.8 Å². The number of benzene rings is 2. The third kappa shape index (κ3) is 3.20. The monoisotopic (exact) mass is 468 g/mol. The predicted octanol–water partition coefficient (Wildman–Crippen LogP) is 2.18. The third-order valence-electron chi connectivity index (χ3n) is 4.30. The van der Waals surface area contributed by atoms with Crippen molar-refractivity contribution in [3.63, 3.8) is 0 Å². The lowest BCUT2D eigenvalue weighted by atomic mass is 10.2. The molecule has 0 unspecified atom stereocenters. The molecule has 1 fully saturated rings. The smallest absolute Gasteiger partial charge is 0.326 e. The van der Waals surface area contributed by atoms with Crippen molar-refractivity contribution >= 4 is 48.6 Å². The summed E-state index contributed by atoms with van der Waals surface area (Å²) < 4.78 is 48.7. The molecule has 28 heavy (non-hydrogen) atoms. The zero-order chi connectivity index (χ0) is 20.1. The molecule has 2 heterocycles. The highest BCUT2D eigenvalue weighted by molar-refractivity contribution is 9.10. The van der Waals surface area contributed by atoms with Crippen molar-refractivity contribution in [2.24, 2.45) is 0 Å². The molecule has 1 aromatic heterocycles. The molecule has 1 aliphatic rings. The number of nitrogens with one attached hydrogen (secondary N) is 1. The number of halogens is 2. The van der Waals surface area contributed by atoms with Crippen molar-refractivity contribution in [3.8, 4) is 5.75 Å². The van der Waals surface area contributed by atoms with Gasteiger partial charge in [-0.3, -0.25) is 9.48 Å². The van der Waals surface area contributed by atoms with Crippen LogP contribution in [-0.4, -0.2) is 37.8 Å². The summed E-state index contributed by atoms with van der Waals surface area (Å²) >= 11 is 3.29. The van der Waals surface area contributed by atoms with E-state index in [1.54, 1.807) is 18.0 Å². The highest BCUT2D eigenvalue weighted by atomic mass is 79.9. The van der Waals surface area contributed by atoms with E-state index in [1.807, 2.05) is 29.0 Å². The fourth-order valence-corrected chi connectivity index (χ4v) is 4.68. The lowest BCUT2D eigenvalue weighted by Gasteiger charge is -2.16. The van der Waals surface area contributed by atoms with Crippen LogP contribution in [0.2, 0.25) is 0 Å². The molecule has 3 aromatic rings. The second kappa shape index (κ2) is 6.74. The molecule has 0 aliphatic carbocycles. The van der Waals surface area contributed by atoms with Crippen molar-refractivity contribution in [1.29, 1.82) is 0 Å². The minimum atomic E-state index is -4.16. The Labute approximate surface area is 168 Å².